The van der Waals surface area contributed by atoms with E-state index >= 15 is 0 Å². The molecule has 0 radical (unpaired) electrons. The number of likely N-dealkylation sites (N-methyl/N-ethyl adjacent to an activating group) is 1. The fourth-order valence-corrected chi connectivity index (χ4v) is 3.42. The molecule has 2 aromatic carbocycles. The summed E-state index contributed by atoms with van der Waals surface area (Å²) < 4.78 is 12.9. The number of benzene rings is 2. The molecule has 0 bridgehead atoms. The largest absolute Gasteiger partial charge is 0.348 e. The maximum atomic E-state index is 12.9. The molecule has 1 aliphatic rings. The van der Waals surface area contributed by atoms with Crippen LogP contribution >= 0.6 is 0 Å². The van der Waals surface area contributed by atoms with Crippen molar-refractivity contribution >= 4 is 17.5 Å². The first-order valence-corrected chi connectivity index (χ1v) is 9.12. The van der Waals surface area contributed by atoms with E-state index in [0.717, 1.165) is 19.3 Å². The quantitative estimate of drug-likeness (QED) is 0.823. The molecule has 2 aromatic rings. The van der Waals surface area contributed by atoms with Gasteiger partial charge in [-0.05, 0) is 61.7 Å². The molecule has 0 saturated carbocycles. The minimum Gasteiger partial charge on any atom is -0.348 e. The zero-order valence-corrected chi connectivity index (χ0v) is 15.4. The van der Waals surface area contributed by atoms with Crippen molar-refractivity contribution < 1.29 is 14.0 Å². The van der Waals surface area contributed by atoms with Crippen molar-refractivity contribution in [2.45, 2.75) is 25.3 Å². The van der Waals surface area contributed by atoms with Crippen LogP contribution in [0.5, 0.6) is 0 Å². The van der Waals surface area contributed by atoms with Gasteiger partial charge in [-0.3, -0.25) is 14.5 Å². The molecule has 0 saturated heterocycles. The summed E-state index contributed by atoms with van der Waals surface area (Å²) in [5.74, 6) is -0.709. The average Bonchev–Trinajstić information content (AvgIpc) is 2.63. The first-order chi connectivity index (χ1) is 13.0. The molecule has 142 valence electrons. The predicted octanol–water partition coefficient (Wildman–Crippen LogP) is 2.89. The van der Waals surface area contributed by atoms with Crippen LogP contribution in [0.25, 0.3) is 0 Å². The average molecular weight is 369 g/mol. The number of rotatable bonds is 6. The van der Waals surface area contributed by atoms with E-state index in [4.69, 9.17) is 0 Å². The number of anilines is 1. The zero-order valence-electron chi connectivity index (χ0n) is 15.4. The van der Waals surface area contributed by atoms with Gasteiger partial charge in [-0.1, -0.05) is 24.3 Å². The first kappa shape index (κ1) is 19.0. The molecule has 27 heavy (non-hydrogen) atoms. The summed E-state index contributed by atoms with van der Waals surface area (Å²) in [6.45, 7) is 0.210. The van der Waals surface area contributed by atoms with Gasteiger partial charge in [0.25, 0.3) is 0 Å². The fourth-order valence-electron chi connectivity index (χ4n) is 3.42. The lowest BCUT2D eigenvalue weighted by Crippen LogP contribution is -2.40. The molecule has 0 aromatic heterocycles. The van der Waals surface area contributed by atoms with Crippen molar-refractivity contribution in [3.05, 3.63) is 65.5 Å². The third kappa shape index (κ3) is 5.37. The smallest absolute Gasteiger partial charge is 0.238 e. The maximum absolute atomic E-state index is 12.9. The normalized spacial score (nSPS) is 15.9. The van der Waals surface area contributed by atoms with E-state index in [2.05, 4.69) is 22.8 Å². The number of hydrogen-bond donors (Lipinski definition) is 2. The molecule has 2 N–H and O–H groups in total. The fraction of sp³-hybridized carbons (Fsp3) is 0.333. The number of aryl methyl sites for hydroxylation is 1. The Hall–Kier alpha value is -2.73. The maximum Gasteiger partial charge on any atom is 0.238 e. The highest BCUT2D eigenvalue weighted by molar-refractivity contribution is 5.92. The number of nitrogens with one attached hydrogen (secondary N) is 2. The molecule has 6 heteroatoms. The lowest BCUT2D eigenvalue weighted by molar-refractivity contribution is -0.123. The minimum absolute atomic E-state index is 0.0314. The van der Waals surface area contributed by atoms with Gasteiger partial charge in [0, 0.05) is 5.69 Å². The minimum atomic E-state index is -0.355. The van der Waals surface area contributed by atoms with Gasteiger partial charge in [-0.2, -0.15) is 0 Å². The van der Waals surface area contributed by atoms with Gasteiger partial charge in [0.05, 0.1) is 19.1 Å². The Balaban J connectivity index is 1.48. The van der Waals surface area contributed by atoms with E-state index in [1.165, 1.54) is 35.4 Å². The van der Waals surface area contributed by atoms with Gasteiger partial charge in [-0.25, -0.2) is 4.39 Å². The lowest BCUT2D eigenvalue weighted by atomic mass is 9.88. The first-order valence-electron chi connectivity index (χ1n) is 9.12. The van der Waals surface area contributed by atoms with Crippen LogP contribution in [0.2, 0.25) is 0 Å². The number of nitrogens with zero attached hydrogens (tertiary/aromatic N) is 1. The summed E-state index contributed by atoms with van der Waals surface area (Å²) in [7, 11) is 1.72. The Bertz CT molecular complexity index is 807. The second-order valence-electron chi connectivity index (χ2n) is 6.94. The van der Waals surface area contributed by atoms with Crippen LogP contribution in [0.15, 0.2) is 48.5 Å². The molecule has 5 nitrogen and oxygen atoms in total. The number of halogens is 1. The number of carbonyl (C=O) groups is 2. The van der Waals surface area contributed by atoms with Crippen molar-refractivity contribution in [1.29, 1.82) is 0 Å². The van der Waals surface area contributed by atoms with Crippen molar-refractivity contribution in [2.75, 3.05) is 25.5 Å². The molecule has 0 heterocycles. The SMILES string of the molecule is CN(CC(=O)Nc1ccc(F)cc1)CC(=O)N[C@@H]1CCCc2ccccc21. The van der Waals surface area contributed by atoms with Crippen LogP contribution in [0.1, 0.15) is 30.0 Å². The molecule has 0 unspecified atom stereocenters. The molecule has 0 spiro atoms. The second kappa shape index (κ2) is 8.77. The van der Waals surface area contributed by atoms with E-state index in [-0.39, 0.29) is 36.8 Å². The lowest BCUT2D eigenvalue weighted by Gasteiger charge is -2.27. The van der Waals surface area contributed by atoms with Crippen LogP contribution < -0.4 is 10.6 Å². The van der Waals surface area contributed by atoms with E-state index < -0.39 is 0 Å². The number of fused-ring (bicyclic) bond motifs is 1. The summed E-state index contributed by atoms with van der Waals surface area (Å²) in [6, 6.07) is 13.8. The van der Waals surface area contributed by atoms with Gasteiger partial charge in [0.2, 0.25) is 11.8 Å². The molecular weight excluding hydrogens is 345 g/mol. The Morgan fingerprint density at radius 2 is 1.78 bits per heavy atom. The van der Waals surface area contributed by atoms with Crippen molar-refractivity contribution in [2.24, 2.45) is 0 Å². The third-order valence-corrected chi connectivity index (χ3v) is 4.66. The Labute approximate surface area is 158 Å². The highest BCUT2D eigenvalue weighted by atomic mass is 19.1. The van der Waals surface area contributed by atoms with Gasteiger partial charge in [0.15, 0.2) is 0 Å². The van der Waals surface area contributed by atoms with E-state index in [9.17, 15) is 14.0 Å². The number of amides is 2. The van der Waals surface area contributed by atoms with Crippen LogP contribution in [-0.4, -0.2) is 36.9 Å². The summed E-state index contributed by atoms with van der Waals surface area (Å²) in [6.07, 6.45) is 3.03. The van der Waals surface area contributed by atoms with Crippen molar-refractivity contribution in [3.8, 4) is 0 Å². The summed E-state index contributed by atoms with van der Waals surface area (Å²) in [5, 5.41) is 5.77. The highest BCUT2D eigenvalue weighted by Crippen LogP contribution is 2.29. The number of carbonyl (C=O) groups excluding carboxylic acids is 2. The van der Waals surface area contributed by atoms with Crippen LogP contribution in [0.4, 0.5) is 10.1 Å². The van der Waals surface area contributed by atoms with Gasteiger partial charge >= 0.3 is 0 Å². The molecule has 3 rings (SSSR count). The summed E-state index contributed by atoms with van der Waals surface area (Å²) in [4.78, 5) is 26.1. The summed E-state index contributed by atoms with van der Waals surface area (Å²) in [5.41, 5.74) is 3.01. The number of hydrogen-bond acceptors (Lipinski definition) is 3. The van der Waals surface area contributed by atoms with E-state index in [1.54, 1.807) is 11.9 Å². The van der Waals surface area contributed by atoms with Crippen LogP contribution in [-0.2, 0) is 16.0 Å². The van der Waals surface area contributed by atoms with E-state index in [1.807, 2.05) is 12.1 Å². The highest BCUT2D eigenvalue weighted by Gasteiger charge is 2.22. The van der Waals surface area contributed by atoms with Crippen molar-refractivity contribution in [3.63, 3.8) is 0 Å². The Morgan fingerprint density at radius 1 is 1.07 bits per heavy atom. The van der Waals surface area contributed by atoms with Crippen LogP contribution in [0, 0.1) is 5.82 Å². The second-order valence-corrected chi connectivity index (χ2v) is 6.94. The molecule has 0 fully saturated rings. The predicted molar refractivity (Wildman–Crippen MR) is 103 cm³/mol. The van der Waals surface area contributed by atoms with E-state index in [0.29, 0.717) is 5.69 Å². The summed E-state index contributed by atoms with van der Waals surface area (Å²) >= 11 is 0. The van der Waals surface area contributed by atoms with Gasteiger partial charge in [0.1, 0.15) is 5.82 Å². The van der Waals surface area contributed by atoms with Gasteiger partial charge < -0.3 is 10.6 Å². The molecule has 1 atom stereocenters. The Morgan fingerprint density at radius 3 is 2.56 bits per heavy atom. The standard InChI is InChI=1S/C21H24FN3O2/c1-25(13-20(26)23-17-11-9-16(22)10-12-17)14-21(27)24-19-8-4-6-15-5-2-3-7-18(15)19/h2-3,5,7,9-12,19H,4,6,8,13-14H2,1H3,(H,23,26)(H,24,27)/t19-/m1/s1. The van der Waals surface area contributed by atoms with Gasteiger partial charge in [-0.15, -0.1) is 0 Å². The Kier molecular flexibility index (Phi) is 6.19. The molecule has 2 amide bonds. The van der Waals surface area contributed by atoms with Crippen LogP contribution in [0.3, 0.4) is 0 Å². The monoisotopic (exact) mass is 369 g/mol. The molecule has 0 aliphatic heterocycles. The molecule has 1 aliphatic carbocycles. The molecular formula is C21H24FN3O2. The third-order valence-electron chi connectivity index (χ3n) is 4.66. The zero-order chi connectivity index (χ0) is 19.2. The topological polar surface area (TPSA) is 61.4 Å². The van der Waals surface area contributed by atoms with Crippen molar-refractivity contribution in [1.82, 2.24) is 10.2 Å².